The van der Waals surface area contributed by atoms with Gasteiger partial charge in [-0.05, 0) is 80.2 Å². The molecular weight excluding hydrogens is 420 g/mol. The Balaban J connectivity index is 2.23. The van der Waals surface area contributed by atoms with E-state index in [-0.39, 0.29) is 17.1 Å². The molecule has 1 heterocycles. The first-order valence-corrected chi connectivity index (χ1v) is 11.4. The molecule has 6 heteroatoms. The Labute approximate surface area is 186 Å². The van der Waals surface area contributed by atoms with Crippen LogP contribution in [0.25, 0.3) is 16.7 Å². The third kappa shape index (κ3) is 3.53. The molecular formula is C24H27ClO4S. The number of rotatable bonds is 4. The van der Waals surface area contributed by atoms with E-state index < -0.39 is 20.7 Å². The van der Waals surface area contributed by atoms with Crippen molar-refractivity contribution < 1.29 is 19.2 Å². The molecule has 30 heavy (non-hydrogen) atoms. The van der Waals surface area contributed by atoms with Crippen LogP contribution in [-0.4, -0.2) is 32.0 Å². The van der Waals surface area contributed by atoms with Crippen molar-refractivity contribution in [3.63, 3.8) is 0 Å². The molecule has 0 bridgehead atoms. The predicted octanol–water partition coefficient (Wildman–Crippen LogP) is 5.74. The Bertz CT molecular complexity index is 1040. The zero-order chi connectivity index (χ0) is 22.4. The zero-order valence-corrected chi connectivity index (χ0v) is 19.7. The van der Waals surface area contributed by atoms with Crippen LogP contribution in [0.2, 0.25) is 5.02 Å². The second kappa shape index (κ2) is 7.95. The standard InChI is InChI=1S/C24H27ClO4S/c1-7-14-12-15(18-13-16(25)9-11-19(18)29-6)8-10-17(14)20-21(26)23(2,3)30(28)24(4,5)22(20)27/h8-13,26H,7H2,1-6H3. The lowest BCUT2D eigenvalue weighted by Gasteiger charge is -2.42. The lowest BCUT2D eigenvalue weighted by Crippen LogP contribution is -2.55. The van der Waals surface area contributed by atoms with Crippen LogP contribution in [0.1, 0.15) is 45.7 Å². The Morgan fingerprint density at radius 1 is 1.07 bits per heavy atom. The summed E-state index contributed by atoms with van der Waals surface area (Å²) in [6, 6.07) is 11.2. The van der Waals surface area contributed by atoms with Gasteiger partial charge in [-0.15, -0.1) is 0 Å². The highest BCUT2D eigenvalue weighted by Gasteiger charge is 2.57. The van der Waals surface area contributed by atoms with E-state index in [1.807, 2.05) is 37.3 Å². The molecule has 0 amide bonds. The maximum atomic E-state index is 13.3. The largest absolute Gasteiger partial charge is 0.615 e. The molecule has 1 atom stereocenters. The Hall–Kier alpha value is -1.95. The number of methoxy groups -OCH3 is 1. The van der Waals surface area contributed by atoms with Crippen LogP contribution < -0.4 is 4.74 Å². The van der Waals surface area contributed by atoms with Gasteiger partial charge in [-0.2, -0.15) is 0 Å². The van der Waals surface area contributed by atoms with Crippen LogP contribution in [0.4, 0.5) is 0 Å². The van der Waals surface area contributed by atoms with Gasteiger partial charge in [0.25, 0.3) is 0 Å². The number of halogens is 1. The number of allylic oxidation sites excluding steroid dienone is 1. The first-order chi connectivity index (χ1) is 14.0. The fourth-order valence-electron chi connectivity index (χ4n) is 3.97. The number of benzene rings is 2. The maximum absolute atomic E-state index is 13.3. The molecule has 4 nitrogen and oxygen atoms in total. The molecule has 0 radical (unpaired) electrons. The van der Waals surface area contributed by atoms with Gasteiger partial charge in [-0.3, -0.25) is 4.79 Å². The average molecular weight is 447 g/mol. The lowest BCUT2D eigenvalue weighted by atomic mass is 9.85. The van der Waals surface area contributed by atoms with Gasteiger partial charge in [-0.25, -0.2) is 0 Å². The van der Waals surface area contributed by atoms with Gasteiger partial charge in [0.2, 0.25) is 5.78 Å². The van der Waals surface area contributed by atoms with Gasteiger partial charge in [0.05, 0.1) is 12.7 Å². The van der Waals surface area contributed by atoms with Crippen LogP contribution in [0, 0.1) is 0 Å². The fourth-order valence-corrected chi connectivity index (χ4v) is 5.97. The number of ketones is 1. The summed E-state index contributed by atoms with van der Waals surface area (Å²) in [7, 11) is 1.61. The van der Waals surface area contributed by atoms with E-state index in [2.05, 4.69) is 0 Å². The Morgan fingerprint density at radius 2 is 1.73 bits per heavy atom. The van der Waals surface area contributed by atoms with Gasteiger partial charge >= 0.3 is 0 Å². The summed E-state index contributed by atoms with van der Waals surface area (Å²) in [5, 5.41) is 11.6. The highest BCUT2D eigenvalue weighted by atomic mass is 35.5. The third-order valence-corrected chi connectivity index (χ3v) is 8.20. The maximum Gasteiger partial charge on any atom is 0.221 e. The number of carbonyl (C=O) groups is 1. The van der Waals surface area contributed by atoms with E-state index in [1.165, 1.54) is 0 Å². The SMILES string of the molecule is CCc1cc(-c2cc(Cl)ccc2OC)ccc1C1=C(O)C(C)(C)[S+]([O-])C(C)(C)C1=O. The van der Waals surface area contributed by atoms with Crippen molar-refractivity contribution in [2.24, 2.45) is 0 Å². The molecule has 2 aromatic carbocycles. The topological polar surface area (TPSA) is 69.6 Å². The lowest BCUT2D eigenvalue weighted by molar-refractivity contribution is -0.115. The van der Waals surface area contributed by atoms with Crippen molar-refractivity contribution in [2.45, 2.75) is 50.5 Å². The van der Waals surface area contributed by atoms with Crippen LogP contribution in [0.15, 0.2) is 42.2 Å². The van der Waals surface area contributed by atoms with Crippen molar-refractivity contribution in [1.29, 1.82) is 0 Å². The van der Waals surface area contributed by atoms with E-state index in [9.17, 15) is 14.5 Å². The van der Waals surface area contributed by atoms with Crippen molar-refractivity contribution in [2.75, 3.05) is 7.11 Å². The van der Waals surface area contributed by atoms with E-state index >= 15 is 0 Å². The second-order valence-corrected chi connectivity index (χ2v) is 11.4. The quantitative estimate of drug-likeness (QED) is 0.608. The van der Waals surface area contributed by atoms with E-state index in [4.69, 9.17) is 16.3 Å². The summed E-state index contributed by atoms with van der Waals surface area (Å²) >= 11 is 4.64. The molecule has 1 N–H and O–H groups in total. The number of ether oxygens (including phenoxy) is 1. The van der Waals surface area contributed by atoms with E-state index in [1.54, 1.807) is 40.9 Å². The summed E-state index contributed by atoms with van der Waals surface area (Å²) < 4.78 is 16.3. The van der Waals surface area contributed by atoms with E-state index in [0.717, 1.165) is 16.7 Å². The second-order valence-electron chi connectivity index (χ2n) is 8.41. The molecule has 0 aliphatic carbocycles. The van der Waals surface area contributed by atoms with E-state index in [0.29, 0.717) is 22.8 Å². The molecule has 160 valence electrons. The van der Waals surface area contributed by atoms with Crippen LogP contribution in [-0.2, 0) is 22.4 Å². The molecule has 0 spiro atoms. The summed E-state index contributed by atoms with van der Waals surface area (Å²) in [6.07, 6.45) is 0.653. The number of hydrogen-bond donors (Lipinski definition) is 1. The smallest absolute Gasteiger partial charge is 0.221 e. The molecule has 1 unspecified atom stereocenters. The molecule has 0 fully saturated rings. The summed E-state index contributed by atoms with van der Waals surface area (Å²) in [4.78, 5) is 13.3. The van der Waals surface area contributed by atoms with Crippen molar-refractivity contribution in [3.05, 3.63) is 58.3 Å². The molecule has 0 saturated heterocycles. The van der Waals surface area contributed by atoms with Crippen molar-refractivity contribution in [3.8, 4) is 16.9 Å². The fraction of sp³-hybridized carbons (Fsp3) is 0.375. The number of aliphatic hydroxyl groups excluding tert-OH is 1. The summed E-state index contributed by atoms with van der Waals surface area (Å²) in [6.45, 7) is 8.77. The molecule has 0 aromatic heterocycles. The monoisotopic (exact) mass is 446 g/mol. The third-order valence-electron chi connectivity index (χ3n) is 5.74. The number of aliphatic hydroxyl groups is 1. The van der Waals surface area contributed by atoms with Gasteiger partial charge in [0, 0.05) is 10.6 Å². The number of Topliss-reactive ketones (excluding diaryl/α,β-unsaturated/α-hetero) is 1. The minimum atomic E-state index is -1.55. The summed E-state index contributed by atoms with van der Waals surface area (Å²) in [5.41, 5.74) is 3.58. The van der Waals surface area contributed by atoms with Crippen molar-refractivity contribution in [1.82, 2.24) is 0 Å². The highest BCUT2D eigenvalue weighted by molar-refractivity contribution is 7.95. The average Bonchev–Trinajstić information content (AvgIpc) is 2.72. The molecule has 0 saturated carbocycles. The first-order valence-electron chi connectivity index (χ1n) is 9.84. The summed E-state index contributed by atoms with van der Waals surface area (Å²) in [5.74, 6) is 0.274. The van der Waals surface area contributed by atoms with Crippen LogP contribution >= 0.6 is 11.6 Å². The number of aryl methyl sites for hydroxylation is 1. The first kappa shape index (κ1) is 22.7. The molecule has 3 rings (SSSR count). The molecule has 1 aliphatic rings. The molecule has 1 aliphatic heterocycles. The minimum absolute atomic E-state index is 0.118. The van der Waals surface area contributed by atoms with Gasteiger partial charge in [-0.1, -0.05) is 36.7 Å². The van der Waals surface area contributed by atoms with Gasteiger partial charge in [0.1, 0.15) is 5.75 Å². The number of hydrogen-bond acceptors (Lipinski definition) is 4. The van der Waals surface area contributed by atoms with Crippen LogP contribution in [0.5, 0.6) is 5.75 Å². The Morgan fingerprint density at radius 3 is 2.33 bits per heavy atom. The predicted molar refractivity (Wildman–Crippen MR) is 124 cm³/mol. The number of carbonyl (C=O) groups excluding carboxylic acids is 1. The van der Waals surface area contributed by atoms with Gasteiger partial charge in [0.15, 0.2) is 15.3 Å². The van der Waals surface area contributed by atoms with Gasteiger partial charge < -0.3 is 14.4 Å². The zero-order valence-electron chi connectivity index (χ0n) is 18.1. The van der Waals surface area contributed by atoms with Crippen molar-refractivity contribution >= 4 is 34.1 Å². The van der Waals surface area contributed by atoms with Crippen LogP contribution in [0.3, 0.4) is 0 Å². The Kier molecular flexibility index (Phi) is 6.02. The molecule has 2 aromatic rings. The highest BCUT2D eigenvalue weighted by Crippen LogP contribution is 2.46. The normalized spacial score (nSPS) is 20.4. The minimum Gasteiger partial charge on any atom is -0.615 e.